The molecule has 0 saturated heterocycles. The van der Waals surface area contributed by atoms with Crippen LogP contribution in [0.4, 0.5) is 0 Å². The van der Waals surface area contributed by atoms with Crippen molar-refractivity contribution in [2.75, 3.05) is 0 Å². The fourth-order valence-corrected chi connectivity index (χ4v) is 1.56. The number of hydrogen-bond acceptors (Lipinski definition) is 1. The average Bonchev–Trinajstić information content (AvgIpc) is 2.34. The lowest BCUT2D eigenvalue weighted by atomic mass is 10.1. The van der Waals surface area contributed by atoms with Gasteiger partial charge in [-0.05, 0) is 31.1 Å². The first-order valence-electron chi connectivity index (χ1n) is 6.30. The summed E-state index contributed by atoms with van der Waals surface area (Å²) >= 11 is 0. The topological polar surface area (TPSA) is 9.23 Å². The van der Waals surface area contributed by atoms with E-state index in [0.717, 1.165) is 12.2 Å². The van der Waals surface area contributed by atoms with Gasteiger partial charge in [0, 0.05) is 0 Å². The third-order valence-electron chi connectivity index (χ3n) is 2.52. The minimum absolute atomic E-state index is 0.907. The Balaban J connectivity index is 2.01. The van der Waals surface area contributed by atoms with Crippen molar-refractivity contribution < 1.29 is 4.74 Å². The second kappa shape index (κ2) is 9.02. The van der Waals surface area contributed by atoms with E-state index in [1.165, 1.54) is 32.1 Å². The minimum atomic E-state index is 0.907. The maximum atomic E-state index is 5.45. The summed E-state index contributed by atoms with van der Waals surface area (Å²) in [6.45, 7) is 2.24. The minimum Gasteiger partial charge on any atom is -0.465 e. The fourth-order valence-electron chi connectivity index (χ4n) is 1.56. The Bertz CT molecular complexity index is 277. The highest BCUT2D eigenvalue weighted by molar-refractivity contribution is 5.21. The van der Waals surface area contributed by atoms with Crippen LogP contribution in [-0.2, 0) is 0 Å². The second-order valence-electron chi connectivity index (χ2n) is 4.01. The molecule has 0 spiro atoms. The highest BCUT2D eigenvalue weighted by Crippen LogP contribution is 2.09. The van der Waals surface area contributed by atoms with Crippen LogP contribution in [0.1, 0.15) is 45.4 Å². The van der Waals surface area contributed by atoms with Crippen LogP contribution in [0.25, 0.3) is 0 Å². The van der Waals surface area contributed by atoms with E-state index in [0.29, 0.717) is 0 Å². The maximum absolute atomic E-state index is 5.45. The van der Waals surface area contributed by atoms with Crippen LogP contribution in [0.5, 0.6) is 5.75 Å². The van der Waals surface area contributed by atoms with Crippen molar-refractivity contribution >= 4 is 0 Å². The molecule has 0 unspecified atom stereocenters. The van der Waals surface area contributed by atoms with Crippen LogP contribution in [0.3, 0.4) is 0 Å². The lowest BCUT2D eigenvalue weighted by Crippen LogP contribution is -1.81. The Morgan fingerprint density at radius 1 is 1.00 bits per heavy atom. The van der Waals surface area contributed by atoms with Crippen molar-refractivity contribution in [3.05, 3.63) is 42.7 Å². The predicted molar refractivity (Wildman–Crippen MR) is 69.6 cm³/mol. The molecule has 0 aliphatic heterocycles. The van der Waals surface area contributed by atoms with Gasteiger partial charge in [0.25, 0.3) is 0 Å². The third-order valence-corrected chi connectivity index (χ3v) is 2.52. The first-order valence-corrected chi connectivity index (χ1v) is 6.30. The second-order valence-corrected chi connectivity index (χ2v) is 4.01. The Hall–Kier alpha value is -1.24. The molecule has 0 radical (unpaired) electrons. The van der Waals surface area contributed by atoms with Gasteiger partial charge >= 0.3 is 0 Å². The predicted octanol–water partition coefficient (Wildman–Crippen LogP) is 4.94. The van der Waals surface area contributed by atoms with Crippen molar-refractivity contribution in [3.8, 4) is 5.75 Å². The van der Waals surface area contributed by atoms with E-state index in [1.807, 2.05) is 30.3 Å². The number of benzene rings is 1. The molecular weight excluding hydrogens is 196 g/mol. The van der Waals surface area contributed by atoms with Gasteiger partial charge in [0.05, 0.1) is 6.26 Å². The van der Waals surface area contributed by atoms with Crippen molar-refractivity contribution in [1.29, 1.82) is 0 Å². The number of ether oxygens (including phenoxy) is 1. The first-order chi connectivity index (χ1) is 7.93. The third kappa shape index (κ3) is 6.28. The summed E-state index contributed by atoms with van der Waals surface area (Å²) < 4.78 is 5.45. The van der Waals surface area contributed by atoms with Crippen LogP contribution in [0, 0.1) is 0 Å². The lowest BCUT2D eigenvalue weighted by Gasteiger charge is -1.99. The molecule has 1 rings (SSSR count). The largest absolute Gasteiger partial charge is 0.465 e. The molecule has 0 aliphatic rings. The van der Waals surface area contributed by atoms with E-state index in [9.17, 15) is 0 Å². The Kier molecular flexibility index (Phi) is 7.23. The zero-order valence-corrected chi connectivity index (χ0v) is 10.2. The van der Waals surface area contributed by atoms with Gasteiger partial charge in [-0.15, -0.1) is 0 Å². The number of hydrogen-bond donors (Lipinski definition) is 0. The summed E-state index contributed by atoms with van der Waals surface area (Å²) in [4.78, 5) is 0. The standard InChI is InChI=1S/C15H22O/c1-2-3-4-5-6-7-11-14-16-15-12-9-8-10-13-15/h8-14H,2-7H2,1H3. The number of unbranched alkanes of at least 4 members (excludes halogenated alkanes) is 5. The molecule has 16 heavy (non-hydrogen) atoms. The van der Waals surface area contributed by atoms with E-state index >= 15 is 0 Å². The molecule has 0 fully saturated rings. The van der Waals surface area contributed by atoms with Crippen LogP contribution < -0.4 is 4.74 Å². The molecule has 0 N–H and O–H groups in total. The van der Waals surface area contributed by atoms with Crippen molar-refractivity contribution in [1.82, 2.24) is 0 Å². The van der Waals surface area contributed by atoms with Gasteiger partial charge in [0.2, 0.25) is 0 Å². The summed E-state index contributed by atoms with van der Waals surface area (Å²) in [6.07, 6.45) is 11.7. The van der Waals surface area contributed by atoms with Crippen molar-refractivity contribution in [3.63, 3.8) is 0 Å². The van der Waals surface area contributed by atoms with E-state index in [4.69, 9.17) is 4.74 Å². The molecule has 88 valence electrons. The van der Waals surface area contributed by atoms with Gasteiger partial charge in [-0.25, -0.2) is 0 Å². The van der Waals surface area contributed by atoms with Gasteiger partial charge in [0.1, 0.15) is 5.75 Å². The average molecular weight is 218 g/mol. The highest BCUT2D eigenvalue weighted by atomic mass is 16.5. The monoisotopic (exact) mass is 218 g/mol. The molecule has 0 aromatic heterocycles. The molecule has 0 atom stereocenters. The van der Waals surface area contributed by atoms with Gasteiger partial charge in [-0.1, -0.05) is 50.8 Å². The summed E-state index contributed by atoms with van der Waals surface area (Å²) in [7, 11) is 0. The summed E-state index contributed by atoms with van der Waals surface area (Å²) in [6, 6.07) is 9.88. The van der Waals surface area contributed by atoms with Gasteiger partial charge in [-0.3, -0.25) is 0 Å². The lowest BCUT2D eigenvalue weighted by molar-refractivity contribution is 0.477. The number of para-hydroxylation sites is 1. The molecule has 0 amide bonds. The SMILES string of the molecule is CCCCCCCC=COc1ccccc1. The van der Waals surface area contributed by atoms with E-state index < -0.39 is 0 Å². The molecule has 0 aliphatic carbocycles. The molecule has 0 saturated carbocycles. The van der Waals surface area contributed by atoms with Crippen LogP contribution in [0.15, 0.2) is 42.7 Å². The zero-order valence-electron chi connectivity index (χ0n) is 10.2. The quantitative estimate of drug-likeness (QED) is 0.443. The highest BCUT2D eigenvalue weighted by Gasteiger charge is 1.88. The Morgan fingerprint density at radius 2 is 1.75 bits per heavy atom. The van der Waals surface area contributed by atoms with Crippen LogP contribution in [0.2, 0.25) is 0 Å². The summed E-state index contributed by atoms with van der Waals surface area (Å²) in [5.74, 6) is 0.907. The Morgan fingerprint density at radius 3 is 2.50 bits per heavy atom. The molecule has 1 heteroatoms. The van der Waals surface area contributed by atoms with E-state index in [2.05, 4.69) is 13.0 Å². The number of rotatable bonds is 8. The zero-order chi connectivity index (χ0) is 11.5. The first kappa shape index (κ1) is 12.8. The fraction of sp³-hybridized carbons (Fsp3) is 0.467. The van der Waals surface area contributed by atoms with Gasteiger partial charge < -0.3 is 4.74 Å². The summed E-state index contributed by atoms with van der Waals surface area (Å²) in [5.41, 5.74) is 0. The Labute approximate surface area is 99.1 Å². The maximum Gasteiger partial charge on any atom is 0.126 e. The van der Waals surface area contributed by atoms with Gasteiger partial charge in [-0.2, -0.15) is 0 Å². The van der Waals surface area contributed by atoms with Crippen LogP contribution >= 0.6 is 0 Å². The number of allylic oxidation sites excluding steroid dienone is 1. The summed E-state index contributed by atoms with van der Waals surface area (Å²) in [5, 5.41) is 0. The van der Waals surface area contributed by atoms with E-state index in [1.54, 1.807) is 6.26 Å². The van der Waals surface area contributed by atoms with Crippen molar-refractivity contribution in [2.45, 2.75) is 45.4 Å². The molecule has 1 aromatic carbocycles. The van der Waals surface area contributed by atoms with Crippen LogP contribution in [-0.4, -0.2) is 0 Å². The smallest absolute Gasteiger partial charge is 0.126 e. The molecule has 1 nitrogen and oxygen atoms in total. The normalized spacial score (nSPS) is 10.8. The molecular formula is C15H22O. The molecule has 0 heterocycles. The van der Waals surface area contributed by atoms with Gasteiger partial charge in [0.15, 0.2) is 0 Å². The molecule has 0 bridgehead atoms. The van der Waals surface area contributed by atoms with Crippen molar-refractivity contribution in [2.24, 2.45) is 0 Å². The van der Waals surface area contributed by atoms with E-state index in [-0.39, 0.29) is 0 Å². The molecule has 1 aromatic rings.